The molecule has 80 valence electrons. The zero-order valence-electron chi connectivity index (χ0n) is 7.67. The minimum atomic E-state index is -4.50. The quantitative estimate of drug-likeness (QED) is 0.692. The number of aliphatic hydroxyl groups is 1. The van der Waals surface area contributed by atoms with Gasteiger partial charge in [0, 0.05) is 5.25 Å². The highest BCUT2D eigenvalue weighted by atomic mass is 32.1. The Morgan fingerprint density at radius 2 is 1.85 bits per heavy atom. The Morgan fingerprint density at radius 1 is 1.38 bits per heavy atom. The van der Waals surface area contributed by atoms with Gasteiger partial charge in [0.2, 0.25) is 0 Å². The predicted molar refractivity (Wildman–Crippen MR) is 48.9 cm³/mol. The lowest BCUT2D eigenvalue weighted by Crippen LogP contribution is -2.32. The van der Waals surface area contributed by atoms with Crippen LogP contribution in [0.4, 0.5) is 13.2 Å². The number of aliphatic hydroxyl groups excluding tert-OH is 1. The van der Waals surface area contributed by atoms with Crippen molar-refractivity contribution in [2.75, 3.05) is 0 Å². The van der Waals surface area contributed by atoms with Gasteiger partial charge >= 0.3 is 6.18 Å². The lowest BCUT2D eigenvalue weighted by atomic mass is 9.95. The van der Waals surface area contributed by atoms with Gasteiger partial charge in [0.1, 0.15) is 6.10 Å². The highest BCUT2D eigenvalue weighted by molar-refractivity contribution is 7.80. The summed E-state index contributed by atoms with van der Waals surface area (Å²) in [7, 11) is 0. The van der Waals surface area contributed by atoms with Crippen LogP contribution in [0, 0.1) is 5.92 Å². The molecule has 1 N–H and O–H groups in total. The van der Waals surface area contributed by atoms with Crippen LogP contribution < -0.4 is 0 Å². The van der Waals surface area contributed by atoms with Gasteiger partial charge in [-0.2, -0.15) is 25.8 Å². The average Bonchev–Trinajstić information content (AvgIpc) is 1.96. The molecule has 0 aromatic heterocycles. The van der Waals surface area contributed by atoms with E-state index in [-0.39, 0.29) is 17.6 Å². The molecular weight excluding hydrogens is 201 g/mol. The topological polar surface area (TPSA) is 20.2 Å². The summed E-state index contributed by atoms with van der Waals surface area (Å²) in [5.41, 5.74) is 0. The minimum Gasteiger partial charge on any atom is -0.384 e. The van der Waals surface area contributed by atoms with E-state index in [2.05, 4.69) is 12.6 Å². The molecule has 0 aliphatic carbocycles. The molecule has 3 atom stereocenters. The molecule has 0 fully saturated rings. The first kappa shape index (κ1) is 13.1. The first-order valence-electron chi connectivity index (χ1n) is 4.21. The van der Waals surface area contributed by atoms with Gasteiger partial charge in [-0.15, -0.1) is 0 Å². The van der Waals surface area contributed by atoms with E-state index in [1.807, 2.05) is 0 Å². The Bertz CT molecular complexity index is 147. The molecule has 0 rings (SSSR count). The van der Waals surface area contributed by atoms with Gasteiger partial charge in [0.05, 0.1) is 0 Å². The second kappa shape index (κ2) is 5.10. The fraction of sp³-hybridized carbons (Fsp3) is 1.00. The average molecular weight is 216 g/mol. The Hall–Kier alpha value is 0.100. The van der Waals surface area contributed by atoms with E-state index in [0.717, 1.165) is 0 Å². The molecule has 0 aromatic carbocycles. The monoisotopic (exact) mass is 216 g/mol. The van der Waals surface area contributed by atoms with Crippen molar-refractivity contribution in [2.24, 2.45) is 5.92 Å². The Kier molecular flexibility index (Phi) is 5.14. The third kappa shape index (κ3) is 4.76. The standard InChI is InChI=1S/C8H15F3OS/c1-3-6(5(2)13)4-7(12)8(9,10)11/h5-7,12-13H,3-4H2,1-2H3. The lowest BCUT2D eigenvalue weighted by molar-refractivity contribution is -0.208. The Morgan fingerprint density at radius 3 is 2.08 bits per heavy atom. The first-order chi connectivity index (χ1) is 5.79. The van der Waals surface area contributed by atoms with Gasteiger partial charge in [0.25, 0.3) is 0 Å². The van der Waals surface area contributed by atoms with Crippen LogP contribution in [0.15, 0.2) is 0 Å². The van der Waals surface area contributed by atoms with E-state index >= 15 is 0 Å². The van der Waals surface area contributed by atoms with Crippen LogP contribution in [0.25, 0.3) is 0 Å². The third-order valence-electron chi connectivity index (χ3n) is 2.11. The maximum absolute atomic E-state index is 11.9. The second-order valence-electron chi connectivity index (χ2n) is 3.20. The molecule has 0 saturated heterocycles. The summed E-state index contributed by atoms with van der Waals surface area (Å²) >= 11 is 4.06. The highest BCUT2D eigenvalue weighted by Gasteiger charge is 2.39. The summed E-state index contributed by atoms with van der Waals surface area (Å²) in [5, 5.41) is 8.65. The molecule has 0 amide bonds. The van der Waals surface area contributed by atoms with Crippen molar-refractivity contribution in [3.8, 4) is 0 Å². The molecule has 0 radical (unpaired) electrons. The third-order valence-corrected chi connectivity index (χ3v) is 2.53. The summed E-state index contributed by atoms with van der Waals surface area (Å²) < 4.78 is 35.8. The van der Waals surface area contributed by atoms with Crippen molar-refractivity contribution in [3.63, 3.8) is 0 Å². The smallest absolute Gasteiger partial charge is 0.384 e. The number of alkyl halides is 3. The second-order valence-corrected chi connectivity index (χ2v) is 4.02. The van der Waals surface area contributed by atoms with Crippen molar-refractivity contribution < 1.29 is 18.3 Å². The van der Waals surface area contributed by atoms with Crippen molar-refractivity contribution >= 4 is 12.6 Å². The summed E-state index contributed by atoms with van der Waals surface area (Å²) in [5.74, 6) is -0.194. The van der Waals surface area contributed by atoms with Crippen molar-refractivity contribution in [2.45, 2.75) is 44.2 Å². The number of halogens is 3. The van der Waals surface area contributed by atoms with Crippen molar-refractivity contribution in [1.82, 2.24) is 0 Å². The molecule has 1 nitrogen and oxygen atoms in total. The van der Waals surface area contributed by atoms with Gasteiger partial charge in [-0.3, -0.25) is 0 Å². The summed E-state index contributed by atoms with van der Waals surface area (Å²) in [6, 6.07) is 0. The van der Waals surface area contributed by atoms with Crippen LogP contribution in [0.2, 0.25) is 0 Å². The van der Waals surface area contributed by atoms with Crippen LogP contribution in [0.3, 0.4) is 0 Å². The van der Waals surface area contributed by atoms with Crippen molar-refractivity contribution in [3.05, 3.63) is 0 Å². The normalized spacial score (nSPS) is 19.6. The van der Waals surface area contributed by atoms with E-state index in [1.165, 1.54) is 0 Å². The van der Waals surface area contributed by atoms with E-state index in [1.54, 1.807) is 13.8 Å². The van der Waals surface area contributed by atoms with Crippen LogP contribution in [0.1, 0.15) is 26.7 Å². The number of hydrogen-bond acceptors (Lipinski definition) is 2. The molecule has 13 heavy (non-hydrogen) atoms. The SMILES string of the molecule is CCC(CC(O)C(F)(F)F)C(C)S. The molecule has 5 heteroatoms. The first-order valence-corrected chi connectivity index (χ1v) is 4.73. The number of thiol groups is 1. The summed E-state index contributed by atoms with van der Waals surface area (Å²) in [6.07, 6.45) is -6.38. The van der Waals surface area contributed by atoms with E-state index in [4.69, 9.17) is 5.11 Å². The van der Waals surface area contributed by atoms with Gasteiger partial charge < -0.3 is 5.11 Å². The minimum absolute atomic E-state index is 0.123. The molecule has 0 bridgehead atoms. The van der Waals surface area contributed by atoms with Gasteiger partial charge in [-0.05, 0) is 12.3 Å². The molecule has 0 spiro atoms. The fourth-order valence-corrected chi connectivity index (χ4v) is 1.46. The zero-order valence-corrected chi connectivity index (χ0v) is 8.57. The highest BCUT2D eigenvalue weighted by Crippen LogP contribution is 2.28. The summed E-state index contributed by atoms with van der Waals surface area (Å²) in [4.78, 5) is 0. The van der Waals surface area contributed by atoms with E-state index in [9.17, 15) is 13.2 Å². The maximum Gasteiger partial charge on any atom is 0.414 e. The maximum atomic E-state index is 11.9. The molecule has 0 aliphatic heterocycles. The molecule has 3 unspecified atom stereocenters. The van der Waals surface area contributed by atoms with Crippen LogP contribution in [-0.4, -0.2) is 22.6 Å². The van der Waals surface area contributed by atoms with E-state index in [0.29, 0.717) is 6.42 Å². The molecule has 0 aromatic rings. The van der Waals surface area contributed by atoms with Gasteiger partial charge in [-0.25, -0.2) is 0 Å². The van der Waals surface area contributed by atoms with Crippen LogP contribution in [-0.2, 0) is 0 Å². The zero-order chi connectivity index (χ0) is 10.6. The Balaban J connectivity index is 4.09. The van der Waals surface area contributed by atoms with Gasteiger partial charge in [-0.1, -0.05) is 20.3 Å². The fourth-order valence-electron chi connectivity index (χ4n) is 1.13. The predicted octanol–water partition coefficient (Wildman–Crippen LogP) is 2.64. The van der Waals surface area contributed by atoms with Crippen LogP contribution >= 0.6 is 12.6 Å². The molecule has 0 heterocycles. The van der Waals surface area contributed by atoms with E-state index < -0.39 is 12.3 Å². The largest absolute Gasteiger partial charge is 0.414 e. The molecule has 0 aliphatic rings. The number of hydrogen-bond donors (Lipinski definition) is 2. The summed E-state index contributed by atoms with van der Waals surface area (Å²) in [6.45, 7) is 3.53. The lowest BCUT2D eigenvalue weighted by Gasteiger charge is -2.23. The molecular formula is C8H15F3OS. The number of rotatable bonds is 4. The Labute approximate surface area is 81.7 Å². The van der Waals surface area contributed by atoms with Crippen LogP contribution in [0.5, 0.6) is 0 Å². The molecule has 0 saturated carbocycles. The van der Waals surface area contributed by atoms with Crippen molar-refractivity contribution in [1.29, 1.82) is 0 Å². The van der Waals surface area contributed by atoms with Gasteiger partial charge in [0.15, 0.2) is 0 Å².